The molecule has 320 valence electrons. The van der Waals surface area contributed by atoms with Crippen molar-refractivity contribution in [3.63, 3.8) is 0 Å². The van der Waals surface area contributed by atoms with Gasteiger partial charge in [0.05, 0.1) is 31.3 Å². The number of carbonyl (C=O) groups is 5. The number of aromatic nitrogens is 2. The second-order valence-corrected chi connectivity index (χ2v) is 15.6. The fraction of sp³-hybridized carbons (Fsp3) is 0.319. The van der Waals surface area contributed by atoms with E-state index in [2.05, 4.69) is 26.3 Å². The molecule has 14 heteroatoms. The number of alkyl carbamates (subject to hydrolysis) is 1. The molecule has 0 spiro atoms. The summed E-state index contributed by atoms with van der Waals surface area (Å²) in [6.45, 7) is 7.44. The molecule has 5 rings (SSSR count). The monoisotopic (exact) mass is 830 g/mol. The lowest BCUT2D eigenvalue weighted by molar-refractivity contribution is -0.134. The van der Waals surface area contributed by atoms with Crippen LogP contribution in [0.5, 0.6) is 5.75 Å². The number of rotatable bonds is 21. The van der Waals surface area contributed by atoms with Crippen LogP contribution in [-0.4, -0.2) is 76.0 Å². The van der Waals surface area contributed by atoms with Crippen LogP contribution in [0.25, 0.3) is 0 Å². The van der Waals surface area contributed by atoms with Gasteiger partial charge < -0.3 is 44.8 Å². The Balaban J connectivity index is 1.38. The van der Waals surface area contributed by atoms with Crippen LogP contribution in [0.3, 0.4) is 0 Å². The fourth-order valence-corrected chi connectivity index (χ4v) is 6.12. The lowest BCUT2D eigenvalue weighted by atomic mass is 10.0. The van der Waals surface area contributed by atoms with Crippen LogP contribution in [0.2, 0.25) is 0 Å². The second-order valence-electron chi connectivity index (χ2n) is 15.6. The standard InChI is InChI=1S/C47H54N6O8/c1-33(28-54)49-45(57)42(31-59-29-36-16-10-6-11-17-36)51-43(55)40(24-34-20-22-39(23-21-34)60-30-37-18-12-7-13-19-37)50-44(56)41(52-46(58)61-47(2,3)4)25-38-27-53(32-48-38)26-35-14-8-5-9-15-35/h5-23,27-28,32-33,40-42H,24-26,29-31H2,1-4H3,(H,49,57)(H,50,56)(H,51,55)(H,52,58)/t33-,40+,41+,42+/m1/s1. The van der Waals surface area contributed by atoms with Gasteiger partial charge in [0.15, 0.2) is 0 Å². The first-order valence-electron chi connectivity index (χ1n) is 20.1. The highest BCUT2D eigenvalue weighted by Crippen LogP contribution is 2.17. The van der Waals surface area contributed by atoms with Gasteiger partial charge in [0.25, 0.3) is 0 Å². The average molecular weight is 831 g/mol. The number of hydrogen-bond donors (Lipinski definition) is 4. The molecule has 14 nitrogen and oxygen atoms in total. The maximum Gasteiger partial charge on any atom is 0.408 e. The Bertz CT molecular complexity index is 2160. The minimum atomic E-state index is -1.25. The largest absolute Gasteiger partial charge is 0.489 e. The molecule has 0 aliphatic carbocycles. The van der Waals surface area contributed by atoms with E-state index in [4.69, 9.17) is 14.2 Å². The van der Waals surface area contributed by atoms with Gasteiger partial charge in [-0.05, 0) is 62.1 Å². The maximum atomic E-state index is 14.3. The highest BCUT2D eigenvalue weighted by Gasteiger charge is 2.32. The van der Waals surface area contributed by atoms with Crippen molar-refractivity contribution in [1.29, 1.82) is 0 Å². The molecule has 4 atom stereocenters. The number of amides is 4. The van der Waals surface area contributed by atoms with E-state index in [0.717, 1.165) is 16.7 Å². The van der Waals surface area contributed by atoms with Gasteiger partial charge in [0.1, 0.15) is 42.4 Å². The molecule has 0 aliphatic heterocycles. The number of benzene rings is 4. The van der Waals surface area contributed by atoms with E-state index >= 15 is 0 Å². The van der Waals surface area contributed by atoms with Gasteiger partial charge in [0.2, 0.25) is 17.7 Å². The summed E-state index contributed by atoms with van der Waals surface area (Å²) in [5.74, 6) is -1.45. The molecule has 4 aromatic carbocycles. The lowest BCUT2D eigenvalue weighted by Gasteiger charge is -2.26. The zero-order chi connectivity index (χ0) is 43.6. The van der Waals surface area contributed by atoms with Gasteiger partial charge in [-0.1, -0.05) is 103 Å². The van der Waals surface area contributed by atoms with E-state index in [1.54, 1.807) is 57.6 Å². The van der Waals surface area contributed by atoms with E-state index in [0.29, 0.717) is 36.4 Å². The smallest absolute Gasteiger partial charge is 0.408 e. The van der Waals surface area contributed by atoms with Gasteiger partial charge in [-0.2, -0.15) is 0 Å². The first kappa shape index (κ1) is 45.3. The summed E-state index contributed by atoms with van der Waals surface area (Å²) in [5.41, 5.74) is 3.22. The summed E-state index contributed by atoms with van der Waals surface area (Å²) in [4.78, 5) is 71.1. The van der Waals surface area contributed by atoms with Crippen molar-refractivity contribution in [2.75, 3.05) is 6.61 Å². The molecule has 0 radical (unpaired) electrons. The van der Waals surface area contributed by atoms with E-state index < -0.39 is 53.6 Å². The number of nitrogens with one attached hydrogen (secondary N) is 4. The maximum absolute atomic E-state index is 14.3. The fourth-order valence-electron chi connectivity index (χ4n) is 6.12. The van der Waals surface area contributed by atoms with Crippen LogP contribution in [0.15, 0.2) is 128 Å². The second kappa shape index (κ2) is 22.5. The minimum absolute atomic E-state index is 0.00858. The molecule has 4 amide bonds. The Morgan fingerprint density at radius 2 is 1.20 bits per heavy atom. The number of nitrogens with zero attached hydrogens (tertiary/aromatic N) is 2. The van der Waals surface area contributed by atoms with Crippen LogP contribution < -0.4 is 26.0 Å². The van der Waals surface area contributed by atoms with Crippen molar-refractivity contribution >= 4 is 30.1 Å². The first-order chi connectivity index (χ1) is 29.3. The van der Waals surface area contributed by atoms with Gasteiger partial charge >= 0.3 is 6.09 Å². The molecule has 0 saturated carbocycles. The third-order valence-electron chi connectivity index (χ3n) is 9.16. The van der Waals surface area contributed by atoms with Crippen LogP contribution in [0.1, 0.15) is 55.6 Å². The van der Waals surface area contributed by atoms with Crippen molar-refractivity contribution in [2.24, 2.45) is 0 Å². The predicted octanol–water partition coefficient (Wildman–Crippen LogP) is 5.08. The predicted molar refractivity (Wildman–Crippen MR) is 229 cm³/mol. The summed E-state index contributed by atoms with van der Waals surface area (Å²) >= 11 is 0. The van der Waals surface area contributed by atoms with Gasteiger partial charge in [0, 0.05) is 25.6 Å². The molecule has 0 aliphatic rings. The summed E-state index contributed by atoms with van der Waals surface area (Å²) in [5, 5.41) is 10.8. The molecule has 61 heavy (non-hydrogen) atoms. The highest BCUT2D eigenvalue weighted by atomic mass is 16.6. The molecular weight excluding hydrogens is 777 g/mol. The van der Waals surface area contributed by atoms with Gasteiger partial charge in [-0.25, -0.2) is 9.78 Å². The molecule has 1 aromatic heterocycles. The average Bonchev–Trinajstić information content (AvgIpc) is 3.69. The van der Waals surface area contributed by atoms with Crippen LogP contribution in [0.4, 0.5) is 4.79 Å². The number of carbonyl (C=O) groups excluding carboxylic acids is 5. The molecule has 0 fully saturated rings. The van der Waals surface area contributed by atoms with E-state index in [-0.39, 0.29) is 26.1 Å². The Labute approximate surface area is 356 Å². The minimum Gasteiger partial charge on any atom is -0.489 e. The number of ether oxygens (including phenoxy) is 3. The normalized spacial score (nSPS) is 13.1. The van der Waals surface area contributed by atoms with Crippen molar-refractivity contribution in [3.8, 4) is 5.75 Å². The van der Waals surface area contributed by atoms with Crippen molar-refractivity contribution in [1.82, 2.24) is 30.8 Å². The zero-order valence-corrected chi connectivity index (χ0v) is 34.9. The lowest BCUT2D eigenvalue weighted by Crippen LogP contribution is -2.59. The Hall–Kier alpha value is -6.80. The number of hydrogen-bond acceptors (Lipinski definition) is 9. The molecule has 4 N–H and O–H groups in total. The third kappa shape index (κ3) is 15.7. The van der Waals surface area contributed by atoms with Crippen LogP contribution in [0, 0.1) is 0 Å². The summed E-state index contributed by atoms with van der Waals surface area (Å²) in [6, 6.07) is 31.3. The molecule has 5 aromatic rings. The van der Waals surface area contributed by atoms with Crippen LogP contribution >= 0.6 is 0 Å². The molecule has 0 saturated heterocycles. The van der Waals surface area contributed by atoms with Gasteiger partial charge in [-0.3, -0.25) is 14.4 Å². The molecule has 1 heterocycles. The van der Waals surface area contributed by atoms with Gasteiger partial charge in [-0.15, -0.1) is 0 Å². The molecular formula is C47H54N6O8. The SMILES string of the molecule is C[C@H](C=O)NC(=O)[C@H](COCc1ccccc1)NC(=O)[C@H](Cc1ccc(OCc2ccccc2)cc1)NC(=O)[C@H](Cc1cn(Cc2ccccc2)cn1)NC(=O)OC(C)(C)C. The summed E-state index contributed by atoms with van der Waals surface area (Å²) in [7, 11) is 0. The van der Waals surface area contributed by atoms with Crippen molar-refractivity contribution in [3.05, 3.63) is 156 Å². The Morgan fingerprint density at radius 3 is 1.79 bits per heavy atom. The Morgan fingerprint density at radius 1 is 0.656 bits per heavy atom. The quantitative estimate of drug-likeness (QED) is 0.0735. The number of aldehydes is 1. The van der Waals surface area contributed by atoms with Crippen LogP contribution in [-0.2, 0) is 61.3 Å². The van der Waals surface area contributed by atoms with E-state index in [1.807, 2.05) is 95.6 Å². The third-order valence-corrected chi connectivity index (χ3v) is 9.16. The molecule has 0 bridgehead atoms. The van der Waals surface area contributed by atoms with Crippen molar-refractivity contribution < 1.29 is 38.2 Å². The van der Waals surface area contributed by atoms with E-state index in [9.17, 15) is 24.0 Å². The first-order valence-corrected chi connectivity index (χ1v) is 20.1. The Kier molecular flexibility index (Phi) is 16.7. The molecule has 0 unspecified atom stereocenters. The van der Waals surface area contributed by atoms with Crippen molar-refractivity contribution in [2.45, 2.75) is 90.1 Å². The topological polar surface area (TPSA) is 179 Å². The number of imidazole rings is 1. The summed E-state index contributed by atoms with van der Waals surface area (Å²) in [6.07, 6.45) is 3.13. The summed E-state index contributed by atoms with van der Waals surface area (Å²) < 4.78 is 19.2. The highest BCUT2D eigenvalue weighted by molar-refractivity contribution is 5.94. The zero-order valence-electron chi connectivity index (χ0n) is 34.9. The van der Waals surface area contributed by atoms with E-state index in [1.165, 1.54) is 6.92 Å².